The average molecular weight is 455 g/mol. The summed E-state index contributed by atoms with van der Waals surface area (Å²) in [5.41, 5.74) is 1.31. The standard InChI is InChI=1S/C20H24BrFN2O2S/c1-20(2,3)26-19(25)24-10-8-23(9-11-24)17-7-12-27-18(17)13-14-15(21)5-4-6-16(14)22/h4-7,12H,8-11,13H2,1-3H3. The fourth-order valence-corrected chi connectivity index (χ4v) is 4.46. The molecular weight excluding hydrogens is 431 g/mol. The maximum absolute atomic E-state index is 14.2. The topological polar surface area (TPSA) is 32.8 Å². The van der Waals surface area contributed by atoms with Crippen molar-refractivity contribution in [3.8, 4) is 0 Å². The van der Waals surface area contributed by atoms with Crippen molar-refractivity contribution in [1.29, 1.82) is 0 Å². The number of hydrogen-bond acceptors (Lipinski definition) is 4. The number of carbonyl (C=O) groups excluding carboxylic acids is 1. The van der Waals surface area contributed by atoms with Crippen LogP contribution in [0.4, 0.5) is 14.9 Å². The highest BCUT2D eigenvalue weighted by Gasteiger charge is 2.27. The Bertz CT molecular complexity index is 790. The summed E-state index contributed by atoms with van der Waals surface area (Å²) in [4.78, 5) is 17.4. The zero-order valence-corrected chi connectivity index (χ0v) is 18.2. The van der Waals surface area contributed by atoms with Crippen LogP contribution in [0.15, 0.2) is 34.1 Å². The third-order valence-electron chi connectivity index (χ3n) is 4.39. The molecule has 1 aliphatic heterocycles. The number of thiophene rings is 1. The Hall–Kier alpha value is -1.60. The number of benzene rings is 1. The van der Waals surface area contributed by atoms with Gasteiger partial charge >= 0.3 is 6.09 Å². The SMILES string of the molecule is CC(C)(C)OC(=O)N1CCN(c2ccsc2Cc2c(F)cccc2Br)CC1. The second-order valence-corrected chi connectivity index (χ2v) is 9.42. The van der Waals surface area contributed by atoms with E-state index >= 15 is 0 Å². The number of anilines is 1. The van der Waals surface area contributed by atoms with E-state index in [2.05, 4.69) is 26.9 Å². The lowest BCUT2D eigenvalue weighted by molar-refractivity contribution is 0.0240. The van der Waals surface area contributed by atoms with E-state index in [1.165, 1.54) is 6.07 Å². The molecule has 146 valence electrons. The number of halogens is 2. The lowest BCUT2D eigenvalue weighted by atomic mass is 10.1. The Morgan fingerprint density at radius 2 is 1.93 bits per heavy atom. The van der Waals surface area contributed by atoms with Crippen molar-refractivity contribution in [2.75, 3.05) is 31.1 Å². The Labute approximate surface area is 172 Å². The highest BCUT2D eigenvalue weighted by molar-refractivity contribution is 9.10. The molecule has 3 rings (SSSR count). The van der Waals surface area contributed by atoms with E-state index in [-0.39, 0.29) is 11.9 Å². The van der Waals surface area contributed by atoms with E-state index in [1.807, 2.05) is 32.2 Å². The lowest BCUT2D eigenvalue weighted by Crippen LogP contribution is -2.50. The van der Waals surface area contributed by atoms with Crippen molar-refractivity contribution in [1.82, 2.24) is 4.90 Å². The largest absolute Gasteiger partial charge is 0.444 e. The van der Waals surface area contributed by atoms with Crippen LogP contribution >= 0.6 is 27.3 Å². The maximum Gasteiger partial charge on any atom is 0.410 e. The van der Waals surface area contributed by atoms with Gasteiger partial charge in [0.1, 0.15) is 11.4 Å². The van der Waals surface area contributed by atoms with Crippen LogP contribution in [0, 0.1) is 5.82 Å². The van der Waals surface area contributed by atoms with E-state index in [4.69, 9.17) is 4.74 Å². The highest BCUT2D eigenvalue weighted by Crippen LogP contribution is 2.32. The minimum Gasteiger partial charge on any atom is -0.444 e. The molecule has 0 N–H and O–H groups in total. The smallest absolute Gasteiger partial charge is 0.410 e. The Balaban J connectivity index is 1.66. The summed E-state index contributed by atoms with van der Waals surface area (Å²) < 4.78 is 20.4. The average Bonchev–Trinajstić information content (AvgIpc) is 3.05. The molecule has 1 fully saturated rings. The van der Waals surface area contributed by atoms with Crippen molar-refractivity contribution < 1.29 is 13.9 Å². The molecule has 0 bridgehead atoms. The summed E-state index contributed by atoms with van der Waals surface area (Å²) in [5, 5.41) is 2.04. The molecule has 0 atom stereocenters. The van der Waals surface area contributed by atoms with E-state index in [0.29, 0.717) is 25.1 Å². The molecule has 0 radical (unpaired) electrons. The molecular formula is C20H24BrFN2O2S. The number of amides is 1. The third kappa shape index (κ3) is 5.02. The van der Waals surface area contributed by atoms with Crippen molar-refractivity contribution in [2.45, 2.75) is 32.8 Å². The summed E-state index contributed by atoms with van der Waals surface area (Å²) in [5.74, 6) is -0.196. The van der Waals surface area contributed by atoms with Gasteiger partial charge in [-0.2, -0.15) is 0 Å². The molecule has 27 heavy (non-hydrogen) atoms. The van der Waals surface area contributed by atoms with E-state index in [9.17, 15) is 9.18 Å². The number of nitrogens with zero attached hydrogens (tertiary/aromatic N) is 2. The van der Waals surface area contributed by atoms with Crippen LogP contribution in [-0.2, 0) is 11.2 Å². The monoisotopic (exact) mass is 454 g/mol. The molecule has 7 heteroatoms. The molecule has 0 spiro atoms. The van der Waals surface area contributed by atoms with E-state index in [0.717, 1.165) is 28.1 Å². The van der Waals surface area contributed by atoms with E-state index in [1.54, 1.807) is 22.3 Å². The summed E-state index contributed by atoms with van der Waals surface area (Å²) in [7, 11) is 0. The zero-order valence-electron chi connectivity index (χ0n) is 15.8. The minimum absolute atomic E-state index is 0.196. The second kappa shape index (κ2) is 8.19. The second-order valence-electron chi connectivity index (χ2n) is 7.56. The van der Waals surface area contributed by atoms with Gasteiger partial charge in [-0.15, -0.1) is 11.3 Å². The van der Waals surface area contributed by atoms with Crippen molar-refractivity contribution in [3.05, 3.63) is 50.4 Å². The van der Waals surface area contributed by atoms with Crippen LogP contribution < -0.4 is 4.90 Å². The molecule has 2 aromatic rings. The lowest BCUT2D eigenvalue weighted by Gasteiger charge is -2.36. The fraction of sp³-hybridized carbons (Fsp3) is 0.450. The van der Waals surface area contributed by atoms with Gasteiger partial charge in [0.25, 0.3) is 0 Å². The molecule has 0 unspecified atom stereocenters. The summed E-state index contributed by atoms with van der Waals surface area (Å²) >= 11 is 5.09. The first-order valence-electron chi connectivity index (χ1n) is 8.97. The first-order valence-corrected chi connectivity index (χ1v) is 10.6. The fourth-order valence-electron chi connectivity index (χ4n) is 3.07. The number of rotatable bonds is 3. The molecule has 1 aromatic heterocycles. The molecule has 1 amide bonds. The number of carbonyl (C=O) groups is 1. The molecule has 1 aromatic carbocycles. The maximum atomic E-state index is 14.2. The molecule has 1 aliphatic rings. The Morgan fingerprint density at radius 1 is 1.22 bits per heavy atom. The van der Waals surface area contributed by atoms with Gasteiger partial charge < -0.3 is 14.5 Å². The highest BCUT2D eigenvalue weighted by atomic mass is 79.9. The van der Waals surface area contributed by atoms with Gasteiger partial charge in [0.05, 0.1) is 5.69 Å². The van der Waals surface area contributed by atoms with Crippen LogP contribution in [0.1, 0.15) is 31.2 Å². The van der Waals surface area contributed by atoms with Crippen LogP contribution in [0.25, 0.3) is 0 Å². The van der Waals surface area contributed by atoms with E-state index < -0.39 is 5.60 Å². The first kappa shape index (κ1) is 20.1. The number of ether oxygens (including phenoxy) is 1. The molecule has 0 saturated carbocycles. The van der Waals surface area contributed by atoms with Crippen molar-refractivity contribution >= 4 is 39.0 Å². The third-order valence-corrected chi connectivity index (χ3v) is 6.05. The van der Waals surface area contributed by atoms with Gasteiger partial charge in [-0.3, -0.25) is 0 Å². The predicted molar refractivity (Wildman–Crippen MR) is 111 cm³/mol. The predicted octanol–water partition coefficient (Wildman–Crippen LogP) is 5.30. The van der Waals surface area contributed by atoms with Crippen LogP contribution in [0.2, 0.25) is 0 Å². The zero-order chi connectivity index (χ0) is 19.6. The summed E-state index contributed by atoms with van der Waals surface area (Å²) in [6, 6.07) is 7.14. The minimum atomic E-state index is -0.484. The molecule has 0 aliphatic carbocycles. The Kier molecular flexibility index (Phi) is 6.11. The first-order chi connectivity index (χ1) is 12.7. The van der Waals surface area contributed by atoms with Gasteiger partial charge in [0.2, 0.25) is 0 Å². The van der Waals surface area contributed by atoms with Gasteiger partial charge in [-0.1, -0.05) is 22.0 Å². The quantitative estimate of drug-likeness (QED) is 0.630. The summed E-state index contributed by atoms with van der Waals surface area (Å²) in [6.45, 7) is 8.34. The van der Waals surface area contributed by atoms with Crippen LogP contribution in [0.5, 0.6) is 0 Å². The van der Waals surface area contributed by atoms with Crippen LogP contribution in [0.3, 0.4) is 0 Å². The van der Waals surface area contributed by atoms with Crippen LogP contribution in [-0.4, -0.2) is 42.8 Å². The van der Waals surface area contributed by atoms with Gasteiger partial charge in [-0.25, -0.2) is 9.18 Å². The number of piperazine rings is 1. The molecule has 4 nitrogen and oxygen atoms in total. The summed E-state index contributed by atoms with van der Waals surface area (Å²) in [6.07, 6.45) is 0.287. The number of hydrogen-bond donors (Lipinski definition) is 0. The van der Waals surface area contributed by atoms with Gasteiger partial charge in [0.15, 0.2) is 0 Å². The van der Waals surface area contributed by atoms with Crippen molar-refractivity contribution in [2.24, 2.45) is 0 Å². The molecule has 2 heterocycles. The van der Waals surface area contributed by atoms with Gasteiger partial charge in [-0.05, 0) is 44.4 Å². The van der Waals surface area contributed by atoms with Gasteiger partial charge in [0, 0.05) is 47.5 Å². The molecule has 1 saturated heterocycles. The van der Waals surface area contributed by atoms with Crippen molar-refractivity contribution in [3.63, 3.8) is 0 Å². The normalized spacial score (nSPS) is 15.1. The Morgan fingerprint density at radius 3 is 2.56 bits per heavy atom.